The molecule has 9 heteroatoms. The van der Waals surface area contributed by atoms with E-state index < -0.39 is 49.5 Å². The van der Waals surface area contributed by atoms with Gasteiger partial charge >= 0.3 is 0 Å². The molecule has 278 valence electrons. The number of carbonyl (C=O) groups excluding carboxylic acids is 1. The zero-order valence-electron chi connectivity index (χ0n) is 30.0. The fourth-order valence-electron chi connectivity index (χ4n) is 6.15. The largest absolute Gasteiger partial charge is 0.394 e. The Bertz CT molecular complexity index is 751. The highest BCUT2D eigenvalue weighted by Crippen LogP contribution is 2.22. The Hall–Kier alpha value is -1.07. The second-order valence-corrected chi connectivity index (χ2v) is 13.7. The summed E-state index contributed by atoms with van der Waals surface area (Å²) in [6, 6.07) is -0.794. The standard InChI is InChI=1S/C38H73NO8/c1-3-5-7-9-11-12-13-14-15-16-17-18-19-20-21-22-23-25-27-32(41)31(39-34(42)28-26-24-10-8-6-4-2)30-46-38-37(45)36(44)35(43)33(29-40)47-38/h25,27,31-33,35-38,40-41,43-45H,3-24,26,28-30H2,1-2H3,(H,39,42)/b27-25+. The first-order valence-corrected chi connectivity index (χ1v) is 19.4. The average Bonchev–Trinajstić information content (AvgIpc) is 3.07. The van der Waals surface area contributed by atoms with Gasteiger partial charge in [0.2, 0.25) is 5.91 Å². The minimum Gasteiger partial charge on any atom is -0.394 e. The fraction of sp³-hybridized carbons (Fsp3) is 0.921. The molecule has 47 heavy (non-hydrogen) atoms. The van der Waals surface area contributed by atoms with Crippen LogP contribution in [0.2, 0.25) is 0 Å². The van der Waals surface area contributed by atoms with Crippen molar-refractivity contribution in [2.45, 2.75) is 211 Å². The fourth-order valence-corrected chi connectivity index (χ4v) is 6.15. The Labute approximate surface area is 286 Å². The van der Waals surface area contributed by atoms with E-state index in [1.165, 1.54) is 103 Å². The van der Waals surface area contributed by atoms with Crippen LogP contribution in [0.1, 0.15) is 168 Å². The molecule has 0 bridgehead atoms. The van der Waals surface area contributed by atoms with Crippen LogP contribution < -0.4 is 5.32 Å². The number of hydrogen-bond donors (Lipinski definition) is 6. The number of nitrogens with one attached hydrogen (secondary N) is 1. The summed E-state index contributed by atoms with van der Waals surface area (Å²) in [5.41, 5.74) is 0. The van der Waals surface area contributed by atoms with E-state index in [0.29, 0.717) is 6.42 Å². The van der Waals surface area contributed by atoms with E-state index in [2.05, 4.69) is 19.2 Å². The number of rotatable bonds is 31. The van der Waals surface area contributed by atoms with Gasteiger partial charge in [-0.3, -0.25) is 4.79 Å². The van der Waals surface area contributed by atoms with Gasteiger partial charge in [0.05, 0.1) is 25.4 Å². The van der Waals surface area contributed by atoms with Crippen LogP contribution in [0.3, 0.4) is 0 Å². The van der Waals surface area contributed by atoms with Gasteiger partial charge in [0.1, 0.15) is 24.4 Å². The maximum absolute atomic E-state index is 12.7. The monoisotopic (exact) mass is 672 g/mol. The molecule has 1 fully saturated rings. The molecule has 0 aromatic carbocycles. The number of aliphatic hydroxyl groups excluding tert-OH is 5. The zero-order chi connectivity index (χ0) is 34.5. The molecule has 0 aromatic heterocycles. The lowest BCUT2D eigenvalue weighted by atomic mass is 9.99. The van der Waals surface area contributed by atoms with Crippen molar-refractivity contribution < 1.29 is 39.8 Å². The van der Waals surface area contributed by atoms with E-state index in [-0.39, 0.29) is 12.5 Å². The van der Waals surface area contributed by atoms with Crippen LogP contribution in [0.25, 0.3) is 0 Å². The molecule has 1 saturated heterocycles. The van der Waals surface area contributed by atoms with Crippen molar-refractivity contribution >= 4 is 5.91 Å². The van der Waals surface area contributed by atoms with Gasteiger partial charge in [-0.25, -0.2) is 0 Å². The van der Waals surface area contributed by atoms with Crippen molar-refractivity contribution in [2.75, 3.05) is 13.2 Å². The summed E-state index contributed by atoms with van der Waals surface area (Å²) in [6.07, 6.45) is 24.3. The summed E-state index contributed by atoms with van der Waals surface area (Å²) in [7, 11) is 0. The number of allylic oxidation sites excluding steroid dienone is 1. The van der Waals surface area contributed by atoms with Crippen molar-refractivity contribution in [2.24, 2.45) is 0 Å². The number of ether oxygens (including phenoxy) is 2. The maximum atomic E-state index is 12.7. The molecule has 1 aliphatic heterocycles. The average molecular weight is 672 g/mol. The van der Waals surface area contributed by atoms with Crippen molar-refractivity contribution in [3.05, 3.63) is 12.2 Å². The summed E-state index contributed by atoms with van der Waals surface area (Å²) in [4.78, 5) is 12.7. The van der Waals surface area contributed by atoms with Crippen LogP contribution in [-0.2, 0) is 14.3 Å². The first kappa shape index (κ1) is 44.0. The lowest BCUT2D eigenvalue weighted by Crippen LogP contribution is -2.60. The Kier molecular flexibility index (Phi) is 27.9. The van der Waals surface area contributed by atoms with Gasteiger partial charge in [0.15, 0.2) is 6.29 Å². The van der Waals surface area contributed by atoms with Crippen LogP contribution in [0.15, 0.2) is 12.2 Å². The number of carbonyl (C=O) groups is 1. The topological polar surface area (TPSA) is 149 Å². The normalized spacial score (nSPS) is 22.9. The second-order valence-electron chi connectivity index (χ2n) is 13.7. The summed E-state index contributed by atoms with van der Waals surface area (Å²) in [5.74, 6) is -0.187. The van der Waals surface area contributed by atoms with E-state index in [1.807, 2.05) is 6.08 Å². The molecule has 0 radical (unpaired) electrons. The third-order valence-corrected chi connectivity index (χ3v) is 9.36. The van der Waals surface area contributed by atoms with Crippen LogP contribution in [0.5, 0.6) is 0 Å². The van der Waals surface area contributed by atoms with Gasteiger partial charge < -0.3 is 40.3 Å². The molecular weight excluding hydrogens is 598 g/mol. The molecule has 1 rings (SSSR count). The van der Waals surface area contributed by atoms with Crippen LogP contribution in [0, 0.1) is 0 Å². The predicted molar refractivity (Wildman–Crippen MR) is 189 cm³/mol. The van der Waals surface area contributed by atoms with E-state index in [9.17, 15) is 30.3 Å². The van der Waals surface area contributed by atoms with Gasteiger partial charge in [-0.15, -0.1) is 0 Å². The lowest BCUT2D eigenvalue weighted by molar-refractivity contribution is -0.302. The Morgan fingerprint density at radius 2 is 1.17 bits per heavy atom. The maximum Gasteiger partial charge on any atom is 0.220 e. The quantitative estimate of drug-likeness (QED) is 0.0357. The number of unbranched alkanes of at least 4 members (excludes halogenated alkanes) is 21. The Balaban J connectivity index is 2.36. The van der Waals surface area contributed by atoms with E-state index in [4.69, 9.17) is 9.47 Å². The lowest BCUT2D eigenvalue weighted by Gasteiger charge is -2.40. The van der Waals surface area contributed by atoms with Crippen molar-refractivity contribution in [1.29, 1.82) is 0 Å². The van der Waals surface area contributed by atoms with E-state index in [1.54, 1.807) is 6.08 Å². The van der Waals surface area contributed by atoms with Crippen molar-refractivity contribution in [1.82, 2.24) is 5.32 Å². The van der Waals surface area contributed by atoms with Gasteiger partial charge in [-0.2, -0.15) is 0 Å². The van der Waals surface area contributed by atoms with Crippen molar-refractivity contribution in [3.8, 4) is 0 Å². The molecular formula is C38H73NO8. The SMILES string of the molecule is CCCCCCCCCCCCCCCCCC/C=C/C(O)C(COC1OC(CO)C(O)C(O)C1O)NC(=O)CCCCCCCC. The molecule has 0 saturated carbocycles. The minimum atomic E-state index is -1.56. The minimum absolute atomic E-state index is 0.185. The Morgan fingerprint density at radius 3 is 1.66 bits per heavy atom. The molecule has 7 atom stereocenters. The molecule has 6 N–H and O–H groups in total. The molecule has 9 nitrogen and oxygen atoms in total. The van der Waals surface area contributed by atoms with Gasteiger partial charge in [0.25, 0.3) is 0 Å². The smallest absolute Gasteiger partial charge is 0.220 e. The van der Waals surface area contributed by atoms with Gasteiger partial charge in [-0.1, -0.05) is 154 Å². The van der Waals surface area contributed by atoms with Gasteiger partial charge in [-0.05, 0) is 19.3 Å². The van der Waals surface area contributed by atoms with Crippen LogP contribution in [0.4, 0.5) is 0 Å². The Morgan fingerprint density at radius 1 is 0.702 bits per heavy atom. The highest BCUT2D eigenvalue weighted by molar-refractivity contribution is 5.76. The number of amides is 1. The molecule has 1 aliphatic rings. The highest BCUT2D eigenvalue weighted by Gasteiger charge is 2.44. The molecule has 0 aromatic rings. The van der Waals surface area contributed by atoms with Crippen LogP contribution in [-0.4, -0.2) is 87.5 Å². The third-order valence-electron chi connectivity index (χ3n) is 9.36. The van der Waals surface area contributed by atoms with Crippen LogP contribution >= 0.6 is 0 Å². The predicted octanol–water partition coefficient (Wildman–Crippen LogP) is 6.61. The molecule has 1 heterocycles. The van der Waals surface area contributed by atoms with Crippen molar-refractivity contribution in [3.63, 3.8) is 0 Å². The highest BCUT2D eigenvalue weighted by atomic mass is 16.7. The summed E-state index contributed by atoms with van der Waals surface area (Å²) in [5, 5.41) is 53.7. The first-order valence-electron chi connectivity index (χ1n) is 19.4. The zero-order valence-corrected chi connectivity index (χ0v) is 30.0. The van der Waals surface area contributed by atoms with E-state index >= 15 is 0 Å². The molecule has 7 unspecified atom stereocenters. The molecule has 0 spiro atoms. The molecule has 0 aliphatic carbocycles. The summed E-state index contributed by atoms with van der Waals surface area (Å²) >= 11 is 0. The van der Waals surface area contributed by atoms with E-state index in [0.717, 1.165) is 44.9 Å². The third kappa shape index (κ3) is 21.6. The first-order chi connectivity index (χ1) is 22.8. The number of aliphatic hydroxyl groups is 5. The second kappa shape index (κ2) is 29.8. The number of hydrogen-bond acceptors (Lipinski definition) is 8. The molecule has 1 amide bonds. The summed E-state index contributed by atoms with van der Waals surface area (Å²) in [6.45, 7) is 3.69. The van der Waals surface area contributed by atoms with Gasteiger partial charge in [0, 0.05) is 6.42 Å². The summed E-state index contributed by atoms with van der Waals surface area (Å²) < 4.78 is 11.1.